The SMILES string of the molecule is Cc1cc(Cl)ccc1OC[C@H](O)C[NH2+]C1CCCC1. The van der Waals surface area contributed by atoms with Crippen molar-refractivity contribution in [3.63, 3.8) is 0 Å². The predicted octanol–water partition coefficient (Wildman–Crippen LogP) is 1.89. The van der Waals surface area contributed by atoms with Gasteiger partial charge in [0.1, 0.15) is 25.0 Å². The van der Waals surface area contributed by atoms with E-state index in [0.29, 0.717) is 17.7 Å². The van der Waals surface area contributed by atoms with Crippen LogP contribution in [0.1, 0.15) is 31.2 Å². The molecule has 1 fully saturated rings. The van der Waals surface area contributed by atoms with Crippen LogP contribution in [0.4, 0.5) is 0 Å². The first-order valence-electron chi connectivity index (χ1n) is 7.05. The van der Waals surface area contributed by atoms with E-state index in [2.05, 4.69) is 5.32 Å². The van der Waals surface area contributed by atoms with Crippen molar-refractivity contribution in [1.82, 2.24) is 0 Å². The van der Waals surface area contributed by atoms with E-state index < -0.39 is 6.10 Å². The van der Waals surface area contributed by atoms with Gasteiger partial charge in [-0.1, -0.05) is 11.6 Å². The number of aliphatic hydroxyl groups excluding tert-OH is 1. The molecule has 3 nitrogen and oxygen atoms in total. The van der Waals surface area contributed by atoms with Gasteiger partial charge in [0.05, 0.1) is 6.04 Å². The van der Waals surface area contributed by atoms with Crippen LogP contribution < -0.4 is 10.1 Å². The summed E-state index contributed by atoms with van der Waals surface area (Å²) in [5.41, 5.74) is 1.000. The second kappa shape index (κ2) is 7.13. The molecule has 0 unspecified atom stereocenters. The van der Waals surface area contributed by atoms with Crippen molar-refractivity contribution in [2.24, 2.45) is 0 Å². The molecule has 0 aromatic heterocycles. The average Bonchev–Trinajstić information content (AvgIpc) is 2.88. The highest BCUT2D eigenvalue weighted by molar-refractivity contribution is 6.30. The molecule has 1 aromatic rings. The summed E-state index contributed by atoms with van der Waals surface area (Å²) in [6.07, 6.45) is 4.80. The van der Waals surface area contributed by atoms with Gasteiger partial charge < -0.3 is 15.2 Å². The Morgan fingerprint density at radius 3 is 2.84 bits per heavy atom. The highest BCUT2D eigenvalue weighted by Crippen LogP contribution is 2.21. The lowest BCUT2D eigenvalue weighted by atomic mass is 10.2. The topological polar surface area (TPSA) is 46.1 Å². The summed E-state index contributed by atoms with van der Waals surface area (Å²) >= 11 is 5.89. The molecular formula is C15H23ClNO2+. The summed E-state index contributed by atoms with van der Waals surface area (Å²) in [5, 5.41) is 12.9. The third kappa shape index (κ3) is 4.68. The van der Waals surface area contributed by atoms with Gasteiger partial charge in [-0.25, -0.2) is 0 Å². The lowest BCUT2D eigenvalue weighted by Crippen LogP contribution is -2.91. The quantitative estimate of drug-likeness (QED) is 0.838. The van der Waals surface area contributed by atoms with Crippen LogP contribution in [-0.2, 0) is 0 Å². The van der Waals surface area contributed by atoms with Crippen molar-refractivity contribution in [1.29, 1.82) is 0 Å². The maximum atomic E-state index is 9.93. The van der Waals surface area contributed by atoms with E-state index in [9.17, 15) is 5.11 Å². The van der Waals surface area contributed by atoms with E-state index in [1.54, 1.807) is 6.07 Å². The summed E-state index contributed by atoms with van der Waals surface area (Å²) in [6.45, 7) is 3.02. The third-order valence-corrected chi connectivity index (χ3v) is 3.94. The fraction of sp³-hybridized carbons (Fsp3) is 0.600. The van der Waals surface area contributed by atoms with E-state index in [1.165, 1.54) is 25.7 Å². The number of benzene rings is 1. The van der Waals surface area contributed by atoms with Gasteiger partial charge in [-0.2, -0.15) is 0 Å². The number of ether oxygens (including phenoxy) is 1. The van der Waals surface area contributed by atoms with Gasteiger partial charge in [-0.3, -0.25) is 0 Å². The van der Waals surface area contributed by atoms with Gasteiger partial charge in [0.25, 0.3) is 0 Å². The Balaban J connectivity index is 1.71. The van der Waals surface area contributed by atoms with Gasteiger partial charge in [0, 0.05) is 5.02 Å². The fourth-order valence-electron chi connectivity index (χ4n) is 2.57. The van der Waals surface area contributed by atoms with E-state index in [1.807, 2.05) is 19.1 Å². The Hall–Kier alpha value is -0.770. The molecule has 2 rings (SSSR count). The summed E-state index contributed by atoms with van der Waals surface area (Å²) in [7, 11) is 0. The summed E-state index contributed by atoms with van der Waals surface area (Å²) in [4.78, 5) is 0. The summed E-state index contributed by atoms with van der Waals surface area (Å²) in [6, 6.07) is 6.23. The van der Waals surface area contributed by atoms with Gasteiger partial charge in [-0.15, -0.1) is 0 Å². The monoisotopic (exact) mass is 284 g/mol. The molecule has 0 heterocycles. The minimum Gasteiger partial charge on any atom is -0.490 e. The smallest absolute Gasteiger partial charge is 0.137 e. The van der Waals surface area contributed by atoms with E-state index >= 15 is 0 Å². The van der Waals surface area contributed by atoms with Gasteiger partial charge in [0.15, 0.2) is 0 Å². The van der Waals surface area contributed by atoms with Crippen molar-refractivity contribution in [3.8, 4) is 5.75 Å². The molecule has 3 N–H and O–H groups in total. The first-order chi connectivity index (χ1) is 9.15. The van der Waals surface area contributed by atoms with Crippen molar-refractivity contribution in [3.05, 3.63) is 28.8 Å². The zero-order chi connectivity index (χ0) is 13.7. The fourth-order valence-corrected chi connectivity index (χ4v) is 2.80. The van der Waals surface area contributed by atoms with Crippen LogP contribution in [0.2, 0.25) is 5.02 Å². The zero-order valence-electron chi connectivity index (χ0n) is 11.4. The zero-order valence-corrected chi connectivity index (χ0v) is 12.2. The minimum atomic E-state index is -0.421. The van der Waals surface area contributed by atoms with Crippen molar-refractivity contribution < 1.29 is 15.2 Å². The van der Waals surface area contributed by atoms with E-state index in [0.717, 1.165) is 17.9 Å². The Labute approximate surface area is 119 Å². The molecule has 0 radical (unpaired) electrons. The number of hydrogen-bond acceptors (Lipinski definition) is 2. The Kier molecular flexibility index (Phi) is 5.49. The molecule has 1 aliphatic carbocycles. The highest BCUT2D eigenvalue weighted by atomic mass is 35.5. The van der Waals surface area contributed by atoms with Crippen LogP contribution in [0.3, 0.4) is 0 Å². The van der Waals surface area contributed by atoms with Crippen molar-refractivity contribution in [2.45, 2.75) is 44.8 Å². The Morgan fingerprint density at radius 2 is 2.16 bits per heavy atom. The molecule has 1 aliphatic rings. The van der Waals surface area contributed by atoms with Crippen LogP contribution >= 0.6 is 11.6 Å². The maximum Gasteiger partial charge on any atom is 0.137 e. The summed E-state index contributed by atoms with van der Waals surface area (Å²) in [5.74, 6) is 0.796. The summed E-state index contributed by atoms with van der Waals surface area (Å²) < 4.78 is 5.64. The van der Waals surface area contributed by atoms with Crippen LogP contribution in [0.15, 0.2) is 18.2 Å². The number of aryl methyl sites for hydroxylation is 1. The molecule has 1 aromatic carbocycles. The van der Waals surface area contributed by atoms with Crippen LogP contribution in [0.25, 0.3) is 0 Å². The van der Waals surface area contributed by atoms with Crippen LogP contribution in [-0.4, -0.2) is 30.4 Å². The van der Waals surface area contributed by atoms with Crippen molar-refractivity contribution in [2.75, 3.05) is 13.2 Å². The molecule has 106 valence electrons. The molecule has 0 saturated heterocycles. The standard InChI is InChI=1S/C15H22ClNO2/c1-11-8-12(16)6-7-15(11)19-10-14(18)9-17-13-4-2-3-5-13/h6-8,13-14,17-18H,2-5,9-10H2,1H3/p+1/t14-/m1/s1. The minimum absolute atomic E-state index is 0.339. The normalized spacial score (nSPS) is 17.6. The second-order valence-electron chi connectivity index (χ2n) is 5.39. The maximum absolute atomic E-state index is 9.93. The van der Waals surface area contributed by atoms with E-state index in [-0.39, 0.29) is 0 Å². The number of nitrogens with two attached hydrogens (primary N) is 1. The lowest BCUT2D eigenvalue weighted by Gasteiger charge is -2.15. The van der Waals surface area contributed by atoms with Gasteiger partial charge >= 0.3 is 0 Å². The second-order valence-corrected chi connectivity index (χ2v) is 5.83. The number of halogens is 1. The molecular weight excluding hydrogens is 262 g/mol. The Bertz CT molecular complexity index is 405. The lowest BCUT2D eigenvalue weighted by molar-refractivity contribution is -0.693. The Morgan fingerprint density at radius 1 is 1.42 bits per heavy atom. The molecule has 0 amide bonds. The first-order valence-corrected chi connectivity index (χ1v) is 7.43. The van der Waals surface area contributed by atoms with Crippen LogP contribution in [0, 0.1) is 6.92 Å². The molecule has 4 heteroatoms. The number of rotatable bonds is 6. The van der Waals surface area contributed by atoms with Crippen LogP contribution in [0.5, 0.6) is 5.75 Å². The molecule has 1 saturated carbocycles. The molecule has 19 heavy (non-hydrogen) atoms. The number of hydrogen-bond donors (Lipinski definition) is 2. The van der Waals surface area contributed by atoms with E-state index in [4.69, 9.17) is 16.3 Å². The third-order valence-electron chi connectivity index (χ3n) is 3.71. The van der Waals surface area contributed by atoms with Crippen molar-refractivity contribution >= 4 is 11.6 Å². The first kappa shape index (κ1) is 14.6. The van der Waals surface area contributed by atoms with Gasteiger partial charge in [-0.05, 0) is 56.4 Å². The molecule has 0 bridgehead atoms. The average molecular weight is 285 g/mol. The molecule has 1 atom stereocenters. The molecule has 0 aliphatic heterocycles. The largest absolute Gasteiger partial charge is 0.490 e. The predicted molar refractivity (Wildman–Crippen MR) is 76.7 cm³/mol. The number of quaternary nitrogens is 1. The van der Waals surface area contributed by atoms with Gasteiger partial charge in [0.2, 0.25) is 0 Å². The molecule has 0 spiro atoms. The number of aliphatic hydroxyl groups is 1. The highest BCUT2D eigenvalue weighted by Gasteiger charge is 2.19.